The summed E-state index contributed by atoms with van der Waals surface area (Å²) in [5, 5.41) is 3.74. The first-order chi connectivity index (χ1) is 14.7. The molecule has 0 fully saturated rings. The lowest BCUT2D eigenvalue weighted by molar-refractivity contribution is 0.102. The summed E-state index contributed by atoms with van der Waals surface area (Å²) in [5.41, 5.74) is 3.12. The molecule has 1 aromatic heterocycles. The maximum absolute atomic E-state index is 12.7. The summed E-state index contributed by atoms with van der Waals surface area (Å²) >= 11 is 6.23. The van der Waals surface area contributed by atoms with Crippen molar-refractivity contribution in [3.05, 3.63) is 99.2 Å². The highest BCUT2D eigenvalue weighted by Crippen LogP contribution is 2.29. The van der Waals surface area contributed by atoms with Crippen molar-refractivity contribution in [2.75, 3.05) is 5.32 Å². The molecule has 1 amide bonds. The normalized spacial score (nSPS) is 11.5. The van der Waals surface area contributed by atoms with Crippen LogP contribution in [-0.4, -0.2) is 5.91 Å². The number of amides is 1. The number of carbonyl (C=O) groups is 1. The quantitative estimate of drug-likeness (QED) is 0.394. The van der Waals surface area contributed by atoms with Crippen LogP contribution >= 0.6 is 11.6 Å². The van der Waals surface area contributed by atoms with Crippen LogP contribution in [0.2, 0.25) is 5.02 Å². The van der Waals surface area contributed by atoms with Crippen LogP contribution in [-0.2, 0) is 5.41 Å². The molecule has 0 aliphatic heterocycles. The fraction of sp³-hybridized carbons (Fsp3) is 0.154. The van der Waals surface area contributed by atoms with E-state index < -0.39 is 0 Å². The molecule has 31 heavy (non-hydrogen) atoms. The van der Waals surface area contributed by atoms with Gasteiger partial charge in [-0.15, -0.1) is 0 Å². The zero-order valence-electron chi connectivity index (χ0n) is 17.5. The summed E-state index contributed by atoms with van der Waals surface area (Å²) in [6, 6.07) is 21.1. The van der Waals surface area contributed by atoms with E-state index >= 15 is 0 Å². The molecule has 0 atom stereocenters. The van der Waals surface area contributed by atoms with Gasteiger partial charge in [-0.2, -0.15) is 0 Å². The van der Waals surface area contributed by atoms with Crippen LogP contribution in [0.25, 0.3) is 22.3 Å². The minimum absolute atomic E-state index is 0.0181. The van der Waals surface area contributed by atoms with E-state index in [-0.39, 0.29) is 16.8 Å². The lowest BCUT2D eigenvalue weighted by Crippen LogP contribution is -2.14. The molecule has 156 valence electrons. The van der Waals surface area contributed by atoms with Crippen LogP contribution in [0.3, 0.4) is 0 Å². The fourth-order valence-corrected chi connectivity index (χ4v) is 3.58. The molecule has 0 radical (unpaired) electrons. The average Bonchev–Trinajstić information content (AvgIpc) is 2.74. The first-order valence-electron chi connectivity index (χ1n) is 9.97. The maximum atomic E-state index is 12.7. The van der Waals surface area contributed by atoms with Gasteiger partial charge in [0.25, 0.3) is 5.91 Å². The van der Waals surface area contributed by atoms with E-state index in [1.807, 2.05) is 24.3 Å². The SMILES string of the molecule is CC(C)(C)c1ccc(C(=O)Nc2ccc3oc(-c4ccccc4Cl)cc(=O)c3c2)cc1. The van der Waals surface area contributed by atoms with E-state index in [4.69, 9.17) is 16.0 Å². The van der Waals surface area contributed by atoms with Crippen molar-refractivity contribution in [3.63, 3.8) is 0 Å². The molecule has 4 rings (SSSR count). The Morgan fingerprint density at radius 2 is 1.65 bits per heavy atom. The molecule has 0 aliphatic carbocycles. The van der Waals surface area contributed by atoms with Gasteiger partial charge in [0.2, 0.25) is 0 Å². The molecule has 4 nitrogen and oxygen atoms in total. The van der Waals surface area contributed by atoms with Gasteiger partial charge in [-0.1, -0.05) is 56.6 Å². The molecule has 5 heteroatoms. The minimum atomic E-state index is -0.239. The van der Waals surface area contributed by atoms with E-state index in [0.29, 0.717) is 38.6 Å². The first-order valence-corrected chi connectivity index (χ1v) is 10.3. The number of hydrogen-bond acceptors (Lipinski definition) is 3. The van der Waals surface area contributed by atoms with Crippen molar-refractivity contribution >= 4 is 34.2 Å². The van der Waals surface area contributed by atoms with Crippen LogP contribution in [0.5, 0.6) is 0 Å². The Morgan fingerprint density at radius 3 is 2.32 bits per heavy atom. The Hall–Kier alpha value is -3.37. The molecular weight excluding hydrogens is 410 g/mol. The highest BCUT2D eigenvalue weighted by atomic mass is 35.5. The Balaban J connectivity index is 1.62. The van der Waals surface area contributed by atoms with Gasteiger partial charge in [0.1, 0.15) is 11.3 Å². The molecule has 4 aromatic rings. The predicted octanol–water partition coefficient (Wildman–Crippen LogP) is 6.66. The number of benzene rings is 3. The minimum Gasteiger partial charge on any atom is -0.456 e. The molecule has 0 saturated heterocycles. The summed E-state index contributed by atoms with van der Waals surface area (Å²) in [4.78, 5) is 25.4. The number of rotatable bonds is 3. The number of hydrogen-bond donors (Lipinski definition) is 1. The Kier molecular flexibility index (Phi) is 5.42. The standard InChI is InChI=1S/C26H22ClNO3/c1-26(2,3)17-10-8-16(9-11-17)25(30)28-18-12-13-23-20(14-18)22(29)15-24(31-23)19-6-4-5-7-21(19)27/h4-15H,1-3H3,(H,28,30). The van der Waals surface area contributed by atoms with Crippen LogP contribution in [0.4, 0.5) is 5.69 Å². The Bertz CT molecular complexity index is 1330. The highest BCUT2D eigenvalue weighted by molar-refractivity contribution is 6.33. The van der Waals surface area contributed by atoms with Crippen molar-refractivity contribution in [1.82, 2.24) is 0 Å². The topological polar surface area (TPSA) is 59.3 Å². The number of halogens is 1. The molecule has 1 N–H and O–H groups in total. The van der Waals surface area contributed by atoms with Crippen molar-refractivity contribution in [1.29, 1.82) is 0 Å². The van der Waals surface area contributed by atoms with Gasteiger partial charge in [0, 0.05) is 22.9 Å². The van der Waals surface area contributed by atoms with E-state index in [0.717, 1.165) is 5.56 Å². The van der Waals surface area contributed by atoms with Crippen molar-refractivity contribution in [2.24, 2.45) is 0 Å². The third-order valence-electron chi connectivity index (χ3n) is 5.14. The second-order valence-corrected chi connectivity index (χ2v) is 8.85. The predicted molar refractivity (Wildman–Crippen MR) is 126 cm³/mol. The van der Waals surface area contributed by atoms with E-state index in [1.165, 1.54) is 6.07 Å². The third kappa shape index (κ3) is 4.39. The van der Waals surface area contributed by atoms with Gasteiger partial charge in [-0.25, -0.2) is 0 Å². The summed E-state index contributed by atoms with van der Waals surface area (Å²) in [7, 11) is 0. The monoisotopic (exact) mass is 431 g/mol. The largest absolute Gasteiger partial charge is 0.456 e. The molecule has 0 saturated carbocycles. The lowest BCUT2D eigenvalue weighted by Gasteiger charge is -2.19. The summed E-state index contributed by atoms with van der Waals surface area (Å²) in [5.74, 6) is 0.163. The van der Waals surface area contributed by atoms with E-state index in [2.05, 4.69) is 26.1 Å². The van der Waals surface area contributed by atoms with E-state index in [9.17, 15) is 9.59 Å². The average molecular weight is 432 g/mol. The molecule has 0 spiro atoms. The number of carbonyl (C=O) groups excluding carboxylic acids is 1. The molecular formula is C26H22ClNO3. The van der Waals surface area contributed by atoms with Gasteiger partial charge >= 0.3 is 0 Å². The van der Waals surface area contributed by atoms with Gasteiger partial charge in [-0.3, -0.25) is 9.59 Å². The molecule has 3 aromatic carbocycles. The lowest BCUT2D eigenvalue weighted by atomic mass is 9.87. The van der Waals surface area contributed by atoms with Gasteiger partial charge in [-0.05, 0) is 53.4 Å². The van der Waals surface area contributed by atoms with Crippen LogP contribution in [0.15, 0.2) is 82.0 Å². The van der Waals surface area contributed by atoms with Crippen molar-refractivity contribution in [2.45, 2.75) is 26.2 Å². The smallest absolute Gasteiger partial charge is 0.255 e. The zero-order valence-corrected chi connectivity index (χ0v) is 18.3. The maximum Gasteiger partial charge on any atom is 0.255 e. The van der Waals surface area contributed by atoms with Crippen LogP contribution < -0.4 is 10.7 Å². The molecule has 0 unspecified atom stereocenters. The number of fused-ring (bicyclic) bond motifs is 1. The Morgan fingerprint density at radius 1 is 0.935 bits per heavy atom. The summed E-state index contributed by atoms with van der Waals surface area (Å²) < 4.78 is 5.90. The number of nitrogens with one attached hydrogen (secondary N) is 1. The fourth-order valence-electron chi connectivity index (χ4n) is 3.35. The first kappa shape index (κ1) is 20.9. The molecule has 0 bridgehead atoms. The molecule has 0 aliphatic rings. The van der Waals surface area contributed by atoms with Gasteiger partial charge in [0.15, 0.2) is 5.43 Å². The van der Waals surface area contributed by atoms with Gasteiger partial charge < -0.3 is 9.73 Å². The van der Waals surface area contributed by atoms with Crippen molar-refractivity contribution < 1.29 is 9.21 Å². The second kappa shape index (κ2) is 8.05. The number of anilines is 1. The summed E-state index contributed by atoms with van der Waals surface area (Å²) in [6.07, 6.45) is 0. The second-order valence-electron chi connectivity index (χ2n) is 8.45. The Labute approximate surface area is 185 Å². The van der Waals surface area contributed by atoms with Crippen molar-refractivity contribution in [3.8, 4) is 11.3 Å². The summed E-state index contributed by atoms with van der Waals surface area (Å²) in [6.45, 7) is 6.37. The third-order valence-corrected chi connectivity index (χ3v) is 5.47. The van der Waals surface area contributed by atoms with E-state index in [1.54, 1.807) is 42.5 Å². The molecule has 1 heterocycles. The zero-order chi connectivity index (χ0) is 22.2. The van der Waals surface area contributed by atoms with Crippen LogP contribution in [0, 0.1) is 0 Å². The highest BCUT2D eigenvalue weighted by Gasteiger charge is 2.15. The van der Waals surface area contributed by atoms with Gasteiger partial charge in [0.05, 0.1) is 10.4 Å². The van der Waals surface area contributed by atoms with Crippen LogP contribution in [0.1, 0.15) is 36.7 Å².